The predicted octanol–water partition coefficient (Wildman–Crippen LogP) is 6.03. The minimum absolute atomic E-state index is 0.250. The van der Waals surface area contributed by atoms with E-state index in [0.717, 1.165) is 51.4 Å². The van der Waals surface area contributed by atoms with Crippen LogP contribution in [0.1, 0.15) is 168 Å². The van der Waals surface area contributed by atoms with Crippen molar-refractivity contribution in [1.29, 1.82) is 0 Å². The molecule has 9 N–H and O–H groups in total. The van der Waals surface area contributed by atoms with E-state index < -0.39 is 75.2 Å². The molecule has 1 aliphatic rings. The summed E-state index contributed by atoms with van der Waals surface area (Å²) in [6.07, 6.45) is 18.9. The van der Waals surface area contributed by atoms with E-state index >= 15 is 0 Å². The van der Waals surface area contributed by atoms with Gasteiger partial charge in [-0.05, 0) is 25.7 Å². The van der Waals surface area contributed by atoms with Gasteiger partial charge < -0.3 is 46.0 Å². The summed E-state index contributed by atoms with van der Waals surface area (Å²) in [4.78, 5) is 23.3. The molecule has 8 atom stereocenters. The monoisotopic (exact) mass is 808 g/mol. The smallest absolute Gasteiger partial charge is 0.393 e. The van der Waals surface area contributed by atoms with Gasteiger partial charge in [0.05, 0.1) is 31.3 Å². The molecule has 0 heterocycles. The van der Waals surface area contributed by atoms with E-state index in [9.17, 15) is 50.0 Å². The van der Waals surface area contributed by atoms with Crippen LogP contribution in [0.15, 0.2) is 24.3 Å². The Morgan fingerprint density at radius 3 is 1.58 bits per heavy atom. The molecule has 0 radical (unpaired) electrons. The summed E-state index contributed by atoms with van der Waals surface area (Å²) >= 11 is 0. The summed E-state index contributed by atoms with van der Waals surface area (Å²) in [5.41, 5.74) is 0. The molecule has 0 aromatic heterocycles. The van der Waals surface area contributed by atoms with Crippen molar-refractivity contribution in [2.24, 2.45) is 0 Å². The number of aliphatic hydroxyl groups excluding tert-OH is 7. The number of carbonyl (C=O) groups is 1. The minimum atomic E-state index is -5.13. The van der Waals surface area contributed by atoms with Crippen LogP contribution in [0, 0.1) is 0 Å². The molecule has 0 bridgehead atoms. The summed E-state index contributed by atoms with van der Waals surface area (Å²) in [6, 6.07) is -1.25. The van der Waals surface area contributed by atoms with Crippen LogP contribution >= 0.6 is 7.82 Å². The zero-order valence-corrected chi connectivity index (χ0v) is 34.7. The average Bonchev–Trinajstić information content (AvgIpc) is 3.15. The van der Waals surface area contributed by atoms with Crippen LogP contribution < -0.4 is 5.32 Å². The lowest BCUT2D eigenvalue weighted by Crippen LogP contribution is -2.64. The summed E-state index contributed by atoms with van der Waals surface area (Å²) in [6.45, 7) is 3.62. The highest BCUT2D eigenvalue weighted by Crippen LogP contribution is 2.47. The largest absolute Gasteiger partial charge is 0.472 e. The van der Waals surface area contributed by atoms with E-state index in [-0.39, 0.29) is 6.42 Å². The zero-order chi connectivity index (χ0) is 40.9. The van der Waals surface area contributed by atoms with Gasteiger partial charge in [0.2, 0.25) is 5.91 Å². The molecule has 13 nitrogen and oxygen atoms in total. The van der Waals surface area contributed by atoms with Crippen LogP contribution in [-0.2, 0) is 18.4 Å². The van der Waals surface area contributed by atoms with Crippen LogP contribution in [0.3, 0.4) is 0 Å². The first kappa shape index (κ1) is 51.8. The van der Waals surface area contributed by atoms with Crippen molar-refractivity contribution in [3.63, 3.8) is 0 Å². The van der Waals surface area contributed by atoms with Crippen molar-refractivity contribution in [3.8, 4) is 0 Å². The van der Waals surface area contributed by atoms with Gasteiger partial charge in [0.15, 0.2) is 0 Å². The molecular weight excluding hydrogens is 729 g/mol. The molecular formula is C41H78NO12P. The van der Waals surface area contributed by atoms with Crippen molar-refractivity contribution < 1.29 is 59.0 Å². The maximum atomic E-state index is 12.9. The molecule has 1 fully saturated rings. The second-order valence-electron chi connectivity index (χ2n) is 15.4. The van der Waals surface area contributed by atoms with Crippen LogP contribution in [0.5, 0.6) is 0 Å². The number of amides is 1. The van der Waals surface area contributed by atoms with E-state index in [1.807, 2.05) is 6.08 Å². The Morgan fingerprint density at radius 2 is 1.07 bits per heavy atom. The Kier molecular flexibility index (Phi) is 29.9. The number of rotatable bonds is 34. The lowest BCUT2D eigenvalue weighted by atomic mass is 9.85. The fourth-order valence-electron chi connectivity index (χ4n) is 6.71. The van der Waals surface area contributed by atoms with Crippen molar-refractivity contribution in [2.75, 3.05) is 6.61 Å². The molecule has 14 heteroatoms. The third-order valence-corrected chi connectivity index (χ3v) is 11.3. The number of phosphoric ester groups is 1. The Hall–Kier alpha value is -1.22. The molecule has 0 spiro atoms. The molecule has 55 heavy (non-hydrogen) atoms. The number of hydrogen-bond acceptors (Lipinski definition) is 11. The number of aliphatic hydroxyl groups is 7. The van der Waals surface area contributed by atoms with E-state index in [0.29, 0.717) is 12.8 Å². The lowest BCUT2D eigenvalue weighted by molar-refractivity contribution is -0.220. The Labute approximate surface area is 331 Å². The molecule has 1 aliphatic carbocycles. The third-order valence-electron chi connectivity index (χ3n) is 10.3. The molecule has 0 aliphatic heterocycles. The Balaban J connectivity index is 2.50. The highest BCUT2D eigenvalue weighted by atomic mass is 31.2. The standard InChI is InChI=1S/C41H78NO12P/c1-3-5-7-9-11-13-14-15-16-17-18-19-20-21-22-24-26-28-32(43)30-35(45)42-33(34(44)29-27-25-23-12-10-8-6-4-2)31-53-55(51,52)54-41-39(49)37(47)36(46)38(48)40(41)50/h10,12,27,29,32-34,36-41,43-44,46-50H,3-9,11,13-26,28,30-31H2,1-2H3,(H,42,45)(H,51,52)/b12-10+,29-27+. The highest BCUT2D eigenvalue weighted by Gasteiger charge is 2.51. The molecule has 0 saturated heterocycles. The van der Waals surface area contributed by atoms with Gasteiger partial charge in [-0.1, -0.05) is 160 Å². The third kappa shape index (κ3) is 24.3. The molecule has 0 aromatic rings. The van der Waals surface area contributed by atoms with Gasteiger partial charge in [-0.15, -0.1) is 0 Å². The number of phosphoric acid groups is 1. The molecule has 324 valence electrons. The lowest BCUT2D eigenvalue weighted by Gasteiger charge is -2.41. The van der Waals surface area contributed by atoms with Gasteiger partial charge in [-0.25, -0.2) is 4.57 Å². The average molecular weight is 808 g/mol. The predicted molar refractivity (Wildman–Crippen MR) is 215 cm³/mol. The van der Waals surface area contributed by atoms with Gasteiger partial charge in [0, 0.05) is 0 Å². The second kappa shape index (κ2) is 31.7. The number of carbonyl (C=O) groups excluding carboxylic acids is 1. The van der Waals surface area contributed by atoms with E-state index in [2.05, 4.69) is 25.2 Å². The van der Waals surface area contributed by atoms with E-state index in [1.54, 1.807) is 6.08 Å². The number of allylic oxidation sites excluding steroid dienone is 3. The highest BCUT2D eigenvalue weighted by molar-refractivity contribution is 7.47. The molecule has 1 amide bonds. The van der Waals surface area contributed by atoms with Gasteiger partial charge in [0.1, 0.15) is 36.6 Å². The first-order valence-electron chi connectivity index (χ1n) is 21.4. The summed E-state index contributed by atoms with van der Waals surface area (Å²) in [5.74, 6) is -0.605. The normalized spacial score (nSPS) is 24.6. The molecule has 1 saturated carbocycles. The summed E-state index contributed by atoms with van der Waals surface area (Å²) in [7, 11) is -5.13. The fraction of sp³-hybridized carbons (Fsp3) is 0.878. The zero-order valence-electron chi connectivity index (χ0n) is 33.8. The Morgan fingerprint density at radius 1 is 0.636 bits per heavy atom. The van der Waals surface area contributed by atoms with Gasteiger partial charge in [-0.3, -0.25) is 13.8 Å². The van der Waals surface area contributed by atoms with Gasteiger partial charge >= 0.3 is 7.82 Å². The van der Waals surface area contributed by atoms with Crippen molar-refractivity contribution in [3.05, 3.63) is 24.3 Å². The maximum absolute atomic E-state index is 12.9. The van der Waals surface area contributed by atoms with Crippen LogP contribution in [0.2, 0.25) is 0 Å². The van der Waals surface area contributed by atoms with Crippen LogP contribution in [0.25, 0.3) is 0 Å². The summed E-state index contributed by atoms with van der Waals surface area (Å²) < 4.78 is 22.7. The SMILES string of the molecule is CCCC/C=C/CC/C=C/C(O)C(COP(=O)(O)OC1C(O)C(O)C(O)C(O)C1O)NC(=O)CC(O)CCCCCCCCCCCCCCCCCCC. The van der Waals surface area contributed by atoms with Crippen LogP contribution in [0.4, 0.5) is 0 Å². The van der Waals surface area contributed by atoms with E-state index in [4.69, 9.17) is 9.05 Å². The first-order chi connectivity index (χ1) is 26.3. The first-order valence-corrected chi connectivity index (χ1v) is 22.9. The second-order valence-corrected chi connectivity index (χ2v) is 16.8. The van der Waals surface area contributed by atoms with Crippen LogP contribution in [-0.4, -0.2) is 108 Å². The molecule has 8 unspecified atom stereocenters. The number of unbranched alkanes of at least 4 members (excludes halogenated alkanes) is 19. The van der Waals surface area contributed by atoms with Gasteiger partial charge in [0.25, 0.3) is 0 Å². The summed E-state index contributed by atoms with van der Waals surface area (Å²) in [5, 5.41) is 74.0. The minimum Gasteiger partial charge on any atom is -0.393 e. The van der Waals surface area contributed by atoms with Crippen molar-refractivity contribution in [2.45, 2.75) is 223 Å². The number of nitrogens with one attached hydrogen (secondary N) is 1. The number of hydrogen-bond donors (Lipinski definition) is 9. The van der Waals surface area contributed by atoms with Crippen molar-refractivity contribution in [1.82, 2.24) is 5.32 Å². The van der Waals surface area contributed by atoms with E-state index in [1.165, 1.54) is 89.5 Å². The topological polar surface area (TPSA) is 226 Å². The molecule has 0 aromatic carbocycles. The fourth-order valence-corrected chi connectivity index (χ4v) is 7.68. The Bertz CT molecular complexity index is 1050. The maximum Gasteiger partial charge on any atom is 0.472 e. The molecule has 1 rings (SSSR count). The van der Waals surface area contributed by atoms with Gasteiger partial charge in [-0.2, -0.15) is 0 Å². The van der Waals surface area contributed by atoms with Crippen molar-refractivity contribution >= 4 is 13.7 Å². The quantitative estimate of drug-likeness (QED) is 0.0207.